The minimum atomic E-state index is -0.772. The molecule has 0 spiro atoms. The number of nitrogens with two attached hydrogens (primary N) is 1. The molecule has 0 bridgehead atoms. The third-order valence-electron chi connectivity index (χ3n) is 4.84. The van der Waals surface area contributed by atoms with Gasteiger partial charge in [-0.15, -0.1) is 0 Å². The summed E-state index contributed by atoms with van der Waals surface area (Å²) in [6.45, 7) is 2.73. The van der Waals surface area contributed by atoms with Crippen molar-refractivity contribution >= 4 is 16.8 Å². The first kappa shape index (κ1) is 16.6. The predicted octanol–water partition coefficient (Wildman–Crippen LogP) is 1.93. The summed E-state index contributed by atoms with van der Waals surface area (Å²) in [5.41, 5.74) is 6.05. The summed E-state index contributed by atoms with van der Waals surface area (Å²) in [6, 6.07) is 7.20. The van der Waals surface area contributed by atoms with Gasteiger partial charge in [0.15, 0.2) is 0 Å². The van der Waals surface area contributed by atoms with Gasteiger partial charge in [0.2, 0.25) is 5.91 Å². The Morgan fingerprint density at radius 3 is 2.71 bits per heavy atom. The predicted molar refractivity (Wildman–Crippen MR) is 93.5 cm³/mol. The average Bonchev–Trinajstić information content (AvgIpc) is 2.60. The first-order valence-corrected chi connectivity index (χ1v) is 8.60. The standard InChI is InChI=1S/C18H24N4O2/c1-2-22(17(24)18(19)10-6-3-7-11-18)12-15-20-14-9-5-4-8-13(14)16(23)21-15/h4-5,8-9H,2-3,6-7,10-12,19H2,1H3,(H,20,21,23). The summed E-state index contributed by atoms with van der Waals surface area (Å²) in [5, 5.41) is 0.554. The van der Waals surface area contributed by atoms with Gasteiger partial charge in [0, 0.05) is 6.54 Å². The van der Waals surface area contributed by atoms with E-state index in [1.807, 2.05) is 19.1 Å². The maximum Gasteiger partial charge on any atom is 0.258 e. The Kier molecular flexibility index (Phi) is 4.66. The van der Waals surface area contributed by atoms with E-state index in [9.17, 15) is 9.59 Å². The first-order chi connectivity index (χ1) is 11.5. The number of hydrogen-bond donors (Lipinski definition) is 2. The van der Waals surface area contributed by atoms with E-state index in [2.05, 4.69) is 9.97 Å². The lowest BCUT2D eigenvalue weighted by atomic mass is 9.81. The smallest absolute Gasteiger partial charge is 0.258 e. The second-order valence-corrected chi connectivity index (χ2v) is 6.57. The first-order valence-electron chi connectivity index (χ1n) is 8.60. The number of aromatic amines is 1. The zero-order valence-corrected chi connectivity index (χ0v) is 14.0. The van der Waals surface area contributed by atoms with Crippen molar-refractivity contribution in [2.45, 2.75) is 51.1 Å². The quantitative estimate of drug-likeness (QED) is 0.897. The molecular weight excluding hydrogens is 304 g/mol. The lowest BCUT2D eigenvalue weighted by Gasteiger charge is -2.36. The highest BCUT2D eigenvalue weighted by atomic mass is 16.2. The van der Waals surface area contributed by atoms with Gasteiger partial charge in [-0.25, -0.2) is 4.98 Å². The van der Waals surface area contributed by atoms with Gasteiger partial charge in [-0.1, -0.05) is 31.4 Å². The molecule has 1 aliphatic rings. The van der Waals surface area contributed by atoms with Crippen LogP contribution in [0.5, 0.6) is 0 Å². The monoisotopic (exact) mass is 328 g/mol. The summed E-state index contributed by atoms with van der Waals surface area (Å²) >= 11 is 0. The van der Waals surface area contributed by atoms with E-state index in [0.717, 1.165) is 32.1 Å². The number of aromatic nitrogens is 2. The summed E-state index contributed by atoms with van der Waals surface area (Å²) in [7, 11) is 0. The third-order valence-corrected chi connectivity index (χ3v) is 4.84. The molecule has 1 aromatic heterocycles. The number of likely N-dealkylation sites (N-methyl/N-ethyl adjacent to an activating group) is 1. The molecule has 24 heavy (non-hydrogen) atoms. The largest absolute Gasteiger partial charge is 0.334 e. The summed E-state index contributed by atoms with van der Waals surface area (Å²) in [6.07, 6.45) is 4.57. The van der Waals surface area contributed by atoms with Crippen LogP contribution in [0.25, 0.3) is 10.9 Å². The highest BCUT2D eigenvalue weighted by Gasteiger charge is 2.38. The van der Waals surface area contributed by atoms with Gasteiger partial charge in [0.05, 0.1) is 23.0 Å². The number of nitrogens with zero attached hydrogens (tertiary/aromatic N) is 2. The van der Waals surface area contributed by atoms with Crippen LogP contribution < -0.4 is 11.3 Å². The second kappa shape index (κ2) is 6.73. The number of H-pyrrole nitrogens is 1. The lowest BCUT2D eigenvalue weighted by molar-refractivity contribution is -0.138. The number of para-hydroxylation sites is 1. The van der Waals surface area contributed by atoms with Crippen LogP contribution in [0.1, 0.15) is 44.9 Å². The molecule has 1 fully saturated rings. The number of rotatable bonds is 4. The fourth-order valence-electron chi connectivity index (χ4n) is 3.43. The van der Waals surface area contributed by atoms with Crippen molar-refractivity contribution in [3.8, 4) is 0 Å². The number of nitrogens with one attached hydrogen (secondary N) is 1. The van der Waals surface area contributed by atoms with Crippen LogP contribution in [0.2, 0.25) is 0 Å². The van der Waals surface area contributed by atoms with Crippen molar-refractivity contribution in [3.63, 3.8) is 0 Å². The van der Waals surface area contributed by atoms with Crippen molar-refractivity contribution < 1.29 is 4.79 Å². The Morgan fingerprint density at radius 1 is 1.29 bits per heavy atom. The number of fused-ring (bicyclic) bond motifs is 1. The SMILES string of the molecule is CCN(Cc1nc2ccccc2c(=O)[nH]1)C(=O)C1(N)CCCCC1. The van der Waals surface area contributed by atoms with E-state index >= 15 is 0 Å². The van der Waals surface area contributed by atoms with Gasteiger partial charge >= 0.3 is 0 Å². The normalized spacial score (nSPS) is 16.9. The third kappa shape index (κ3) is 3.19. The molecule has 0 aliphatic heterocycles. The van der Waals surface area contributed by atoms with Crippen LogP contribution in [0.15, 0.2) is 29.1 Å². The molecule has 1 heterocycles. The van der Waals surface area contributed by atoms with Gasteiger partial charge in [-0.3, -0.25) is 9.59 Å². The van der Waals surface area contributed by atoms with Crippen LogP contribution in [-0.2, 0) is 11.3 Å². The molecule has 1 saturated carbocycles. The average molecular weight is 328 g/mol. The van der Waals surface area contributed by atoms with Gasteiger partial charge in [0.1, 0.15) is 5.82 Å². The molecule has 0 atom stereocenters. The van der Waals surface area contributed by atoms with Gasteiger partial charge < -0.3 is 15.6 Å². The Morgan fingerprint density at radius 2 is 2.00 bits per heavy atom. The summed E-state index contributed by atoms with van der Waals surface area (Å²) in [5.74, 6) is 0.453. The zero-order chi connectivity index (χ0) is 17.2. The molecule has 2 aromatic rings. The fourth-order valence-corrected chi connectivity index (χ4v) is 3.43. The maximum absolute atomic E-state index is 12.9. The van der Waals surface area contributed by atoms with Gasteiger partial charge in [-0.2, -0.15) is 0 Å². The van der Waals surface area contributed by atoms with E-state index in [4.69, 9.17) is 5.73 Å². The Labute approximate surface area is 141 Å². The molecule has 1 aliphatic carbocycles. The molecule has 1 amide bonds. The minimum absolute atomic E-state index is 0.0412. The zero-order valence-electron chi connectivity index (χ0n) is 14.0. The fraction of sp³-hybridized carbons (Fsp3) is 0.500. The highest BCUT2D eigenvalue weighted by molar-refractivity contribution is 5.86. The Bertz CT molecular complexity index is 793. The number of amides is 1. The number of carbonyl (C=O) groups is 1. The number of carbonyl (C=O) groups excluding carboxylic acids is 1. The van der Waals surface area contributed by atoms with Crippen LogP contribution in [0.4, 0.5) is 0 Å². The maximum atomic E-state index is 12.9. The number of benzene rings is 1. The van der Waals surface area contributed by atoms with Crippen LogP contribution >= 0.6 is 0 Å². The molecule has 1 aromatic carbocycles. The van der Waals surface area contributed by atoms with Crippen LogP contribution in [-0.4, -0.2) is 32.9 Å². The van der Waals surface area contributed by atoms with Crippen molar-refractivity contribution in [3.05, 3.63) is 40.4 Å². The molecule has 6 nitrogen and oxygen atoms in total. The van der Waals surface area contributed by atoms with Crippen molar-refractivity contribution in [2.75, 3.05) is 6.54 Å². The minimum Gasteiger partial charge on any atom is -0.334 e. The number of hydrogen-bond acceptors (Lipinski definition) is 4. The van der Waals surface area contributed by atoms with Crippen molar-refractivity contribution in [1.29, 1.82) is 0 Å². The highest BCUT2D eigenvalue weighted by Crippen LogP contribution is 2.28. The second-order valence-electron chi connectivity index (χ2n) is 6.57. The van der Waals surface area contributed by atoms with E-state index in [0.29, 0.717) is 23.3 Å². The molecular formula is C18H24N4O2. The lowest BCUT2D eigenvalue weighted by Crippen LogP contribution is -2.56. The molecule has 3 rings (SSSR count). The van der Waals surface area contributed by atoms with Crippen LogP contribution in [0.3, 0.4) is 0 Å². The van der Waals surface area contributed by atoms with Crippen LogP contribution in [0, 0.1) is 0 Å². The Balaban J connectivity index is 1.85. The molecule has 6 heteroatoms. The molecule has 0 unspecified atom stereocenters. The van der Waals surface area contributed by atoms with E-state index in [1.165, 1.54) is 0 Å². The van der Waals surface area contributed by atoms with E-state index in [-0.39, 0.29) is 18.0 Å². The van der Waals surface area contributed by atoms with Crippen molar-refractivity contribution in [2.24, 2.45) is 5.73 Å². The molecule has 0 saturated heterocycles. The molecule has 3 N–H and O–H groups in total. The Hall–Kier alpha value is -2.21. The summed E-state index contributed by atoms with van der Waals surface area (Å²) < 4.78 is 0. The van der Waals surface area contributed by atoms with Crippen molar-refractivity contribution in [1.82, 2.24) is 14.9 Å². The van der Waals surface area contributed by atoms with Gasteiger partial charge in [0.25, 0.3) is 5.56 Å². The molecule has 128 valence electrons. The topological polar surface area (TPSA) is 92.1 Å². The van der Waals surface area contributed by atoms with E-state index in [1.54, 1.807) is 17.0 Å². The summed E-state index contributed by atoms with van der Waals surface area (Å²) in [4.78, 5) is 34.0. The van der Waals surface area contributed by atoms with Gasteiger partial charge in [-0.05, 0) is 31.9 Å². The molecule has 0 radical (unpaired) electrons. The van der Waals surface area contributed by atoms with E-state index < -0.39 is 5.54 Å².